The lowest BCUT2D eigenvalue weighted by atomic mass is 10.1. The van der Waals surface area contributed by atoms with Crippen molar-refractivity contribution in [3.8, 4) is 0 Å². The molecule has 2 aliphatic heterocycles. The maximum Gasteiger partial charge on any atom is 0.414 e. The molecule has 6 nitrogen and oxygen atoms in total. The Hall–Kier alpha value is -1.76. The maximum atomic E-state index is 11.7. The van der Waals surface area contributed by atoms with Crippen molar-refractivity contribution in [3.63, 3.8) is 0 Å². The zero-order valence-corrected chi connectivity index (χ0v) is 12.4. The molecule has 2 fully saturated rings. The maximum absolute atomic E-state index is 11.7. The molecule has 2 heterocycles. The van der Waals surface area contributed by atoms with Crippen molar-refractivity contribution in [2.45, 2.75) is 18.9 Å². The first-order chi connectivity index (χ1) is 10.0. The van der Waals surface area contributed by atoms with E-state index in [0.717, 1.165) is 17.8 Å². The smallest absolute Gasteiger partial charge is 0.414 e. The second kappa shape index (κ2) is 5.55. The molecule has 0 saturated carbocycles. The number of rotatable bonds is 3. The summed E-state index contributed by atoms with van der Waals surface area (Å²) in [5.74, 6) is 0.452. The van der Waals surface area contributed by atoms with Crippen LogP contribution in [0.5, 0.6) is 0 Å². The van der Waals surface area contributed by atoms with Gasteiger partial charge in [-0.2, -0.15) is 0 Å². The normalized spacial score (nSPS) is 24.7. The van der Waals surface area contributed by atoms with E-state index in [1.165, 1.54) is 0 Å². The number of nitrogens with zero attached hydrogens (tertiary/aromatic N) is 1. The van der Waals surface area contributed by atoms with Crippen molar-refractivity contribution in [3.05, 3.63) is 24.3 Å². The fourth-order valence-electron chi connectivity index (χ4n) is 2.76. The van der Waals surface area contributed by atoms with Gasteiger partial charge < -0.3 is 10.1 Å². The SMILES string of the molecule is O=C1OCCN1c1cccc(NC2CCCS(=O)(=O)C2)c1. The Labute approximate surface area is 124 Å². The number of ether oxygens (including phenoxy) is 1. The Kier molecular flexibility index (Phi) is 3.75. The quantitative estimate of drug-likeness (QED) is 0.918. The first-order valence-electron chi connectivity index (χ1n) is 7.05. The van der Waals surface area contributed by atoms with Crippen molar-refractivity contribution >= 4 is 27.3 Å². The van der Waals surface area contributed by atoms with E-state index in [1.807, 2.05) is 24.3 Å². The molecule has 1 amide bonds. The number of hydrogen-bond acceptors (Lipinski definition) is 5. The van der Waals surface area contributed by atoms with Gasteiger partial charge in [-0.25, -0.2) is 13.2 Å². The molecule has 1 N–H and O–H groups in total. The van der Waals surface area contributed by atoms with E-state index in [-0.39, 0.29) is 23.6 Å². The summed E-state index contributed by atoms with van der Waals surface area (Å²) in [6.07, 6.45) is 1.19. The number of amides is 1. The van der Waals surface area contributed by atoms with Crippen molar-refractivity contribution in [1.29, 1.82) is 0 Å². The first-order valence-corrected chi connectivity index (χ1v) is 8.87. The fourth-order valence-corrected chi connectivity index (χ4v) is 4.40. The molecule has 0 bridgehead atoms. The molecular weight excluding hydrogens is 292 g/mol. The number of carbonyl (C=O) groups excluding carboxylic acids is 1. The number of nitrogens with one attached hydrogen (secondary N) is 1. The first kappa shape index (κ1) is 14.2. The van der Waals surface area contributed by atoms with Crippen molar-refractivity contribution in [2.75, 3.05) is 34.9 Å². The summed E-state index contributed by atoms with van der Waals surface area (Å²) in [4.78, 5) is 13.1. The average Bonchev–Trinajstić information content (AvgIpc) is 2.84. The van der Waals surface area contributed by atoms with Gasteiger partial charge in [-0.05, 0) is 31.0 Å². The molecule has 21 heavy (non-hydrogen) atoms. The molecule has 3 rings (SSSR count). The highest BCUT2D eigenvalue weighted by molar-refractivity contribution is 7.91. The number of hydrogen-bond donors (Lipinski definition) is 1. The van der Waals surface area contributed by atoms with E-state index in [0.29, 0.717) is 19.6 Å². The number of sulfone groups is 1. The number of cyclic esters (lactones) is 1. The summed E-state index contributed by atoms with van der Waals surface area (Å²) < 4.78 is 28.2. The van der Waals surface area contributed by atoms with Crippen LogP contribution < -0.4 is 10.2 Å². The largest absolute Gasteiger partial charge is 0.447 e. The minimum Gasteiger partial charge on any atom is -0.447 e. The summed E-state index contributed by atoms with van der Waals surface area (Å²) in [6.45, 7) is 0.942. The molecule has 0 aliphatic carbocycles. The summed E-state index contributed by atoms with van der Waals surface area (Å²) in [7, 11) is -2.93. The van der Waals surface area contributed by atoms with Crippen LogP contribution in [0.2, 0.25) is 0 Å². The molecule has 0 spiro atoms. The van der Waals surface area contributed by atoms with Crippen LogP contribution in [0.15, 0.2) is 24.3 Å². The summed E-state index contributed by atoms with van der Waals surface area (Å²) in [5.41, 5.74) is 1.59. The van der Waals surface area contributed by atoms with E-state index < -0.39 is 9.84 Å². The van der Waals surface area contributed by atoms with Gasteiger partial charge in [0, 0.05) is 17.4 Å². The van der Waals surface area contributed by atoms with Gasteiger partial charge in [0.15, 0.2) is 9.84 Å². The van der Waals surface area contributed by atoms with Gasteiger partial charge in [0.2, 0.25) is 0 Å². The Morgan fingerprint density at radius 3 is 2.90 bits per heavy atom. The highest BCUT2D eigenvalue weighted by Crippen LogP contribution is 2.24. The van der Waals surface area contributed by atoms with E-state index in [4.69, 9.17) is 4.74 Å². The summed E-state index contributed by atoms with van der Waals surface area (Å²) >= 11 is 0. The lowest BCUT2D eigenvalue weighted by Crippen LogP contribution is -2.34. The number of benzene rings is 1. The van der Waals surface area contributed by atoms with Crippen LogP contribution in [-0.2, 0) is 14.6 Å². The Morgan fingerprint density at radius 2 is 2.19 bits per heavy atom. The van der Waals surface area contributed by atoms with E-state index in [9.17, 15) is 13.2 Å². The molecule has 7 heteroatoms. The van der Waals surface area contributed by atoms with Gasteiger partial charge in [-0.15, -0.1) is 0 Å². The van der Waals surface area contributed by atoms with E-state index in [2.05, 4.69) is 5.32 Å². The molecule has 1 atom stereocenters. The second-order valence-electron chi connectivity index (χ2n) is 5.41. The molecule has 2 aliphatic rings. The predicted octanol–water partition coefficient (Wildman–Crippen LogP) is 1.63. The van der Waals surface area contributed by atoms with Crippen LogP contribution >= 0.6 is 0 Å². The van der Waals surface area contributed by atoms with Crippen LogP contribution in [0.4, 0.5) is 16.2 Å². The zero-order chi connectivity index (χ0) is 14.9. The standard InChI is InChI=1S/C14H18N2O4S/c17-14-16(6-7-20-14)13-5-1-3-11(9-13)15-12-4-2-8-21(18,19)10-12/h1,3,5,9,12,15H,2,4,6-8,10H2. The summed E-state index contributed by atoms with van der Waals surface area (Å²) in [6, 6.07) is 7.36. The Balaban J connectivity index is 1.73. The van der Waals surface area contributed by atoms with Gasteiger partial charge in [-0.1, -0.05) is 6.07 Å². The van der Waals surface area contributed by atoms with Crippen LogP contribution in [0, 0.1) is 0 Å². The highest BCUT2D eigenvalue weighted by atomic mass is 32.2. The lowest BCUT2D eigenvalue weighted by molar-refractivity contribution is 0.181. The van der Waals surface area contributed by atoms with E-state index >= 15 is 0 Å². The van der Waals surface area contributed by atoms with Crippen molar-refractivity contribution < 1.29 is 17.9 Å². The molecule has 1 unspecified atom stereocenters. The third-order valence-electron chi connectivity index (χ3n) is 3.75. The Morgan fingerprint density at radius 1 is 1.33 bits per heavy atom. The van der Waals surface area contributed by atoms with E-state index in [1.54, 1.807) is 4.90 Å². The molecule has 1 aromatic rings. The monoisotopic (exact) mass is 310 g/mol. The predicted molar refractivity (Wildman–Crippen MR) is 80.4 cm³/mol. The van der Waals surface area contributed by atoms with Crippen LogP contribution in [0.25, 0.3) is 0 Å². The highest BCUT2D eigenvalue weighted by Gasteiger charge is 2.26. The van der Waals surface area contributed by atoms with Crippen LogP contribution in [0.3, 0.4) is 0 Å². The second-order valence-corrected chi connectivity index (χ2v) is 7.64. The van der Waals surface area contributed by atoms with Gasteiger partial charge in [-0.3, -0.25) is 4.90 Å². The fraction of sp³-hybridized carbons (Fsp3) is 0.500. The molecule has 114 valence electrons. The minimum atomic E-state index is -2.93. The molecule has 2 saturated heterocycles. The van der Waals surface area contributed by atoms with Crippen molar-refractivity contribution in [2.24, 2.45) is 0 Å². The average molecular weight is 310 g/mol. The third kappa shape index (κ3) is 3.29. The van der Waals surface area contributed by atoms with Gasteiger partial charge in [0.25, 0.3) is 0 Å². The van der Waals surface area contributed by atoms with Crippen molar-refractivity contribution in [1.82, 2.24) is 0 Å². The molecule has 0 aromatic heterocycles. The molecule has 1 aromatic carbocycles. The lowest BCUT2D eigenvalue weighted by Gasteiger charge is -2.24. The zero-order valence-electron chi connectivity index (χ0n) is 11.6. The summed E-state index contributed by atoms with van der Waals surface area (Å²) in [5, 5.41) is 3.26. The Bertz CT molecular complexity index is 644. The molecular formula is C14H18N2O4S. The van der Waals surface area contributed by atoms with Gasteiger partial charge in [0.1, 0.15) is 6.61 Å². The number of anilines is 2. The van der Waals surface area contributed by atoms with Crippen LogP contribution in [0.1, 0.15) is 12.8 Å². The molecule has 0 radical (unpaired) electrons. The van der Waals surface area contributed by atoms with Crippen LogP contribution in [-0.4, -0.2) is 45.2 Å². The topological polar surface area (TPSA) is 75.7 Å². The minimum absolute atomic E-state index is 0.0653. The van der Waals surface area contributed by atoms with Gasteiger partial charge in [0.05, 0.1) is 18.1 Å². The third-order valence-corrected chi connectivity index (χ3v) is 5.57. The van der Waals surface area contributed by atoms with Gasteiger partial charge >= 0.3 is 6.09 Å². The number of carbonyl (C=O) groups is 1.